The Morgan fingerprint density at radius 1 is 1.22 bits per heavy atom. The number of ether oxygens (including phenoxy) is 1. The van der Waals surface area contributed by atoms with Gasteiger partial charge in [-0.15, -0.1) is 0 Å². The maximum Gasteiger partial charge on any atom is 0.335 e. The summed E-state index contributed by atoms with van der Waals surface area (Å²) in [5, 5.41) is 10.7. The topological polar surface area (TPSA) is 65.6 Å². The minimum Gasteiger partial charge on any atom is -0.478 e. The largest absolute Gasteiger partial charge is 0.478 e. The van der Waals surface area contributed by atoms with Gasteiger partial charge >= 0.3 is 5.97 Å². The van der Waals surface area contributed by atoms with Gasteiger partial charge in [-0.05, 0) is 86.9 Å². The molecule has 3 atom stereocenters. The second-order valence-electron chi connectivity index (χ2n) is 9.51. The van der Waals surface area contributed by atoms with E-state index in [1.165, 1.54) is 33.2 Å². The Balaban J connectivity index is 1.58. The summed E-state index contributed by atoms with van der Waals surface area (Å²) in [7, 11) is 0. The Bertz CT molecular complexity index is 1150. The number of piperidine rings is 1. The van der Waals surface area contributed by atoms with E-state index in [-0.39, 0.29) is 11.6 Å². The van der Waals surface area contributed by atoms with E-state index >= 15 is 0 Å². The van der Waals surface area contributed by atoms with E-state index in [1.54, 1.807) is 12.1 Å². The molecule has 5 heteroatoms. The molecule has 0 spiro atoms. The fraction of sp³-hybridized carbons (Fsp3) is 0.444. The Hall–Kier alpha value is -2.63. The molecule has 0 amide bonds. The van der Waals surface area contributed by atoms with Crippen LogP contribution in [0, 0.1) is 13.8 Å². The van der Waals surface area contributed by atoms with Gasteiger partial charge in [0.2, 0.25) is 0 Å². The average Bonchev–Trinajstić information content (AvgIpc) is 3.33. The van der Waals surface area contributed by atoms with Gasteiger partial charge in [-0.2, -0.15) is 0 Å². The van der Waals surface area contributed by atoms with Gasteiger partial charge in [0, 0.05) is 41.8 Å². The van der Waals surface area contributed by atoms with Crippen molar-refractivity contribution in [2.75, 3.05) is 6.61 Å². The number of carboxylic acids is 1. The molecule has 2 aliphatic rings. The molecule has 1 unspecified atom stereocenters. The fourth-order valence-electron chi connectivity index (χ4n) is 6.30. The van der Waals surface area contributed by atoms with Crippen LogP contribution in [0.2, 0.25) is 0 Å². The van der Waals surface area contributed by atoms with Crippen LogP contribution in [0.1, 0.15) is 65.2 Å². The predicted molar refractivity (Wildman–Crippen MR) is 126 cm³/mol. The van der Waals surface area contributed by atoms with E-state index in [0.717, 1.165) is 38.8 Å². The number of nitrogens with zero attached hydrogens (tertiary/aromatic N) is 1. The smallest absolute Gasteiger partial charge is 0.335 e. The molecule has 0 radical (unpaired) electrons. The molecule has 2 N–H and O–H groups in total. The highest BCUT2D eigenvalue weighted by Gasteiger charge is 2.52. The van der Waals surface area contributed by atoms with E-state index in [4.69, 9.17) is 4.74 Å². The first-order valence-electron chi connectivity index (χ1n) is 11.7. The lowest BCUT2D eigenvalue weighted by atomic mass is 9.79. The van der Waals surface area contributed by atoms with Crippen LogP contribution >= 0.6 is 0 Å². The highest BCUT2D eigenvalue weighted by Crippen LogP contribution is 2.52. The quantitative estimate of drug-likeness (QED) is 0.537. The van der Waals surface area contributed by atoms with Crippen LogP contribution in [0.4, 0.5) is 0 Å². The van der Waals surface area contributed by atoms with Crippen LogP contribution in [0.5, 0.6) is 0 Å². The highest BCUT2D eigenvalue weighted by atomic mass is 16.5. The lowest BCUT2D eigenvalue weighted by Crippen LogP contribution is -2.52. The molecule has 0 aliphatic carbocycles. The first-order valence-corrected chi connectivity index (χ1v) is 11.7. The van der Waals surface area contributed by atoms with Gasteiger partial charge in [0.1, 0.15) is 0 Å². The first-order chi connectivity index (χ1) is 15.4. The number of aromatic nitrogens is 1. The number of aryl methyl sites for hydroxylation is 2. The molecule has 2 aliphatic heterocycles. The minimum absolute atomic E-state index is 0.125. The van der Waals surface area contributed by atoms with Crippen molar-refractivity contribution in [3.05, 3.63) is 70.4 Å². The fourth-order valence-corrected chi connectivity index (χ4v) is 6.30. The molecule has 168 valence electrons. The number of hydrogen-bond donors (Lipinski definition) is 2. The van der Waals surface area contributed by atoms with Gasteiger partial charge in [0.25, 0.3) is 0 Å². The van der Waals surface area contributed by atoms with Gasteiger partial charge in [-0.1, -0.05) is 18.2 Å². The SMILES string of the molecule is CCO[C@@H]1C[C@@H]2CCC(c3ccc(C(=O)O)cc3)(C1)N2Cc1c(C)cc(C)c2[nH]ccc12. The molecule has 0 saturated carbocycles. The molecule has 3 heterocycles. The third kappa shape index (κ3) is 3.35. The van der Waals surface area contributed by atoms with Gasteiger partial charge in [-0.25, -0.2) is 4.79 Å². The summed E-state index contributed by atoms with van der Waals surface area (Å²) in [4.78, 5) is 17.5. The summed E-state index contributed by atoms with van der Waals surface area (Å²) >= 11 is 0. The zero-order chi connectivity index (χ0) is 22.5. The second-order valence-corrected chi connectivity index (χ2v) is 9.51. The van der Waals surface area contributed by atoms with Crippen LogP contribution in [0.25, 0.3) is 10.9 Å². The Labute approximate surface area is 189 Å². The summed E-state index contributed by atoms with van der Waals surface area (Å²) in [6.45, 7) is 8.08. The number of hydrogen-bond acceptors (Lipinski definition) is 3. The Morgan fingerprint density at radius 3 is 2.72 bits per heavy atom. The first kappa shape index (κ1) is 21.2. The molecule has 2 saturated heterocycles. The van der Waals surface area contributed by atoms with Crippen LogP contribution in [-0.4, -0.2) is 39.7 Å². The Kier molecular flexibility index (Phi) is 5.34. The van der Waals surface area contributed by atoms with E-state index < -0.39 is 5.97 Å². The van der Waals surface area contributed by atoms with Crippen molar-refractivity contribution in [1.82, 2.24) is 9.88 Å². The molecule has 1 aromatic heterocycles. The summed E-state index contributed by atoms with van der Waals surface area (Å²) in [6, 6.07) is 12.5. The normalized spacial score (nSPS) is 25.5. The molecule has 2 bridgehead atoms. The van der Waals surface area contributed by atoms with Crippen molar-refractivity contribution in [2.45, 2.75) is 70.7 Å². The molecule has 32 heavy (non-hydrogen) atoms. The number of aromatic amines is 1. The van der Waals surface area contributed by atoms with Crippen molar-refractivity contribution in [3.63, 3.8) is 0 Å². The summed E-state index contributed by atoms with van der Waals surface area (Å²) in [5.74, 6) is -0.879. The molecular weight excluding hydrogens is 400 g/mol. The van der Waals surface area contributed by atoms with E-state index in [0.29, 0.717) is 11.6 Å². The number of carboxylic acid groups (broad SMARTS) is 1. The van der Waals surface area contributed by atoms with Crippen molar-refractivity contribution in [1.29, 1.82) is 0 Å². The van der Waals surface area contributed by atoms with Crippen LogP contribution in [-0.2, 0) is 16.8 Å². The van der Waals surface area contributed by atoms with Crippen LogP contribution in [0.3, 0.4) is 0 Å². The van der Waals surface area contributed by atoms with Gasteiger partial charge in [0.05, 0.1) is 11.7 Å². The standard InChI is InChI=1S/C27H32N2O3/c1-4-32-22-14-21-9-11-27(15-22,20-7-5-19(6-8-20)26(30)31)29(21)16-24-17(2)13-18(3)25-23(24)10-12-28-25/h5-8,10,12-13,21-22,28H,4,9,11,14-16H2,1-3H3,(H,30,31)/t21-,22+,27?/m0/s1. The zero-order valence-electron chi connectivity index (χ0n) is 19.1. The molecular formula is C27H32N2O3. The van der Waals surface area contributed by atoms with Crippen LogP contribution < -0.4 is 0 Å². The number of benzene rings is 2. The second kappa shape index (κ2) is 8.05. The molecule has 3 aromatic rings. The number of aromatic carboxylic acids is 1. The van der Waals surface area contributed by atoms with Crippen molar-refractivity contribution >= 4 is 16.9 Å². The predicted octanol–water partition coefficient (Wildman–Crippen LogP) is 5.54. The van der Waals surface area contributed by atoms with Crippen molar-refractivity contribution < 1.29 is 14.6 Å². The average molecular weight is 433 g/mol. The zero-order valence-corrected chi connectivity index (χ0v) is 19.1. The maximum atomic E-state index is 11.4. The van der Waals surface area contributed by atoms with Gasteiger partial charge < -0.3 is 14.8 Å². The van der Waals surface area contributed by atoms with Crippen molar-refractivity contribution in [2.24, 2.45) is 0 Å². The van der Waals surface area contributed by atoms with E-state index in [2.05, 4.69) is 42.8 Å². The van der Waals surface area contributed by atoms with Gasteiger partial charge in [0.15, 0.2) is 0 Å². The summed E-state index contributed by atoms with van der Waals surface area (Å²) in [6.07, 6.45) is 6.51. The third-order valence-electron chi connectivity index (χ3n) is 7.76. The summed E-state index contributed by atoms with van der Waals surface area (Å²) in [5.41, 5.74) is 6.65. The molecule has 5 nitrogen and oxygen atoms in total. The van der Waals surface area contributed by atoms with Crippen LogP contribution in [0.15, 0.2) is 42.6 Å². The maximum absolute atomic E-state index is 11.4. The third-order valence-corrected chi connectivity index (χ3v) is 7.76. The molecule has 2 aromatic carbocycles. The lowest BCUT2D eigenvalue weighted by Gasteiger charge is -2.48. The minimum atomic E-state index is -0.879. The van der Waals surface area contributed by atoms with Crippen molar-refractivity contribution in [3.8, 4) is 0 Å². The number of carbonyl (C=O) groups is 1. The van der Waals surface area contributed by atoms with E-state index in [9.17, 15) is 9.90 Å². The highest BCUT2D eigenvalue weighted by molar-refractivity contribution is 5.88. The number of rotatable bonds is 6. The monoisotopic (exact) mass is 432 g/mol. The number of fused-ring (bicyclic) bond motifs is 3. The Morgan fingerprint density at radius 2 is 2.00 bits per heavy atom. The van der Waals surface area contributed by atoms with E-state index in [1.807, 2.05) is 18.3 Å². The number of H-pyrrole nitrogens is 1. The lowest BCUT2D eigenvalue weighted by molar-refractivity contribution is -0.0591. The molecule has 2 fully saturated rings. The molecule has 5 rings (SSSR count). The summed E-state index contributed by atoms with van der Waals surface area (Å²) < 4.78 is 6.14. The number of nitrogens with one attached hydrogen (secondary N) is 1. The van der Waals surface area contributed by atoms with Gasteiger partial charge in [-0.3, -0.25) is 4.90 Å².